The molecule has 4 heterocycles. The Kier molecular flexibility index (Phi) is 3.72. The highest BCUT2D eigenvalue weighted by Gasteiger charge is 2.15. The highest BCUT2D eigenvalue weighted by molar-refractivity contribution is 5.93. The molecule has 0 aliphatic carbocycles. The van der Waals surface area contributed by atoms with Crippen molar-refractivity contribution in [3.05, 3.63) is 67.1 Å². The number of aromatic nitrogens is 5. The van der Waals surface area contributed by atoms with Crippen LogP contribution in [0, 0.1) is 0 Å². The molecule has 0 saturated carbocycles. The first-order valence-corrected chi connectivity index (χ1v) is 8.92. The van der Waals surface area contributed by atoms with E-state index in [9.17, 15) is 0 Å². The van der Waals surface area contributed by atoms with Crippen LogP contribution in [0.1, 0.15) is 0 Å². The molecule has 28 heavy (non-hydrogen) atoms. The van der Waals surface area contributed by atoms with Crippen molar-refractivity contribution in [1.29, 1.82) is 0 Å². The van der Waals surface area contributed by atoms with Gasteiger partial charge in [0, 0.05) is 31.3 Å². The summed E-state index contributed by atoms with van der Waals surface area (Å²) in [5.74, 6) is 2.32. The maximum absolute atomic E-state index is 5.62. The van der Waals surface area contributed by atoms with E-state index < -0.39 is 0 Å². The van der Waals surface area contributed by atoms with Crippen molar-refractivity contribution in [1.82, 2.24) is 24.5 Å². The molecule has 0 spiro atoms. The van der Waals surface area contributed by atoms with Gasteiger partial charge in [-0.3, -0.25) is 9.36 Å². The van der Waals surface area contributed by atoms with Gasteiger partial charge in [-0.1, -0.05) is 30.3 Å². The summed E-state index contributed by atoms with van der Waals surface area (Å²) < 4.78 is 9.18. The first-order valence-electron chi connectivity index (χ1n) is 8.92. The van der Waals surface area contributed by atoms with Crippen molar-refractivity contribution in [2.75, 3.05) is 5.32 Å². The zero-order chi connectivity index (χ0) is 19.1. The van der Waals surface area contributed by atoms with Crippen molar-refractivity contribution >= 4 is 22.7 Å². The van der Waals surface area contributed by atoms with Gasteiger partial charge in [-0.05, 0) is 18.2 Å². The number of hydrogen-bond acceptors (Lipinski definition) is 5. The van der Waals surface area contributed by atoms with Crippen LogP contribution >= 0.6 is 0 Å². The van der Waals surface area contributed by atoms with E-state index in [-0.39, 0.29) is 0 Å². The predicted octanol–water partition coefficient (Wildman–Crippen LogP) is 4.37. The van der Waals surface area contributed by atoms with Gasteiger partial charge >= 0.3 is 0 Å². The van der Waals surface area contributed by atoms with Gasteiger partial charge in [-0.25, -0.2) is 4.98 Å². The van der Waals surface area contributed by atoms with Crippen LogP contribution in [0.25, 0.3) is 33.6 Å². The zero-order valence-corrected chi connectivity index (χ0v) is 15.5. The molecule has 0 unspecified atom stereocenters. The summed E-state index contributed by atoms with van der Waals surface area (Å²) in [5.41, 5.74) is 3.69. The molecule has 0 saturated heterocycles. The van der Waals surface area contributed by atoms with Crippen molar-refractivity contribution < 1.29 is 4.42 Å². The third-order valence-corrected chi connectivity index (χ3v) is 4.70. The molecule has 138 valence electrons. The number of anilines is 2. The highest BCUT2D eigenvalue weighted by Crippen LogP contribution is 2.31. The summed E-state index contributed by atoms with van der Waals surface area (Å²) in [7, 11) is 3.79. The van der Waals surface area contributed by atoms with Crippen molar-refractivity contribution in [3.63, 3.8) is 0 Å². The molecule has 0 fully saturated rings. The normalized spacial score (nSPS) is 11.2. The summed E-state index contributed by atoms with van der Waals surface area (Å²) in [4.78, 5) is 4.73. The van der Waals surface area contributed by atoms with Crippen LogP contribution in [0.5, 0.6) is 0 Å². The first-order chi connectivity index (χ1) is 13.7. The second-order valence-electron chi connectivity index (χ2n) is 6.57. The molecule has 0 atom stereocenters. The van der Waals surface area contributed by atoms with Gasteiger partial charge in [-0.15, -0.1) is 0 Å². The Morgan fingerprint density at radius 1 is 0.964 bits per heavy atom. The van der Waals surface area contributed by atoms with Gasteiger partial charge in [0.15, 0.2) is 5.65 Å². The summed E-state index contributed by atoms with van der Waals surface area (Å²) in [6.45, 7) is 0. The van der Waals surface area contributed by atoms with Gasteiger partial charge in [0.2, 0.25) is 0 Å². The number of furan rings is 1. The van der Waals surface area contributed by atoms with E-state index in [1.165, 1.54) is 0 Å². The highest BCUT2D eigenvalue weighted by atomic mass is 16.3. The fourth-order valence-electron chi connectivity index (χ4n) is 3.28. The van der Waals surface area contributed by atoms with Crippen molar-refractivity contribution in [2.24, 2.45) is 14.1 Å². The van der Waals surface area contributed by atoms with E-state index in [2.05, 4.69) is 15.5 Å². The fraction of sp³-hybridized carbons (Fsp3) is 0.0952. The molecule has 5 aromatic rings. The molecule has 0 amide bonds. The Labute approximate surface area is 161 Å². The number of aryl methyl sites for hydroxylation is 2. The minimum Gasteiger partial charge on any atom is -0.464 e. The molecule has 0 aliphatic heterocycles. The summed E-state index contributed by atoms with van der Waals surface area (Å²) in [6, 6.07) is 17.9. The predicted molar refractivity (Wildman–Crippen MR) is 108 cm³/mol. The monoisotopic (exact) mass is 370 g/mol. The quantitative estimate of drug-likeness (QED) is 0.508. The van der Waals surface area contributed by atoms with Gasteiger partial charge in [0.25, 0.3) is 0 Å². The Balaban J connectivity index is 1.58. The molecule has 0 aliphatic rings. The summed E-state index contributed by atoms with van der Waals surface area (Å²) in [5, 5.41) is 13.3. The minimum absolute atomic E-state index is 0.699. The molecular formula is C21H18N6O. The number of rotatable bonds is 4. The van der Waals surface area contributed by atoms with E-state index in [1.807, 2.05) is 79.6 Å². The van der Waals surface area contributed by atoms with Crippen LogP contribution in [0.3, 0.4) is 0 Å². The number of hydrogen-bond donors (Lipinski definition) is 1. The number of benzene rings is 1. The average molecular weight is 370 g/mol. The molecule has 0 radical (unpaired) electrons. The topological polar surface area (TPSA) is 73.7 Å². The van der Waals surface area contributed by atoms with Gasteiger partial charge in [0.05, 0.1) is 23.5 Å². The third kappa shape index (κ3) is 2.73. The SMILES string of the molecule is Cn1nc(-c2ccccc2)cc1Nc1cc(-c2ccco2)c2cnn(C)c2n1. The maximum Gasteiger partial charge on any atom is 0.160 e. The van der Waals surface area contributed by atoms with Crippen LogP contribution < -0.4 is 5.32 Å². The first kappa shape index (κ1) is 16.3. The Bertz CT molecular complexity index is 1250. The lowest BCUT2D eigenvalue weighted by Crippen LogP contribution is -2.02. The van der Waals surface area contributed by atoms with Crippen LogP contribution in [-0.2, 0) is 14.1 Å². The molecule has 7 nitrogen and oxygen atoms in total. The largest absolute Gasteiger partial charge is 0.464 e. The number of nitrogens with zero attached hydrogens (tertiary/aromatic N) is 5. The molecule has 0 bridgehead atoms. The molecular weight excluding hydrogens is 352 g/mol. The third-order valence-electron chi connectivity index (χ3n) is 4.70. The van der Waals surface area contributed by atoms with E-state index in [0.29, 0.717) is 5.82 Å². The van der Waals surface area contributed by atoms with Gasteiger partial charge < -0.3 is 9.73 Å². The number of fused-ring (bicyclic) bond motifs is 1. The molecule has 1 aromatic carbocycles. The zero-order valence-electron chi connectivity index (χ0n) is 15.5. The summed E-state index contributed by atoms with van der Waals surface area (Å²) in [6.07, 6.45) is 3.47. The molecule has 4 aromatic heterocycles. The lowest BCUT2D eigenvalue weighted by Gasteiger charge is -2.08. The van der Waals surface area contributed by atoms with E-state index in [1.54, 1.807) is 10.9 Å². The Hall–Kier alpha value is -3.87. The smallest absolute Gasteiger partial charge is 0.160 e. The molecule has 1 N–H and O–H groups in total. The van der Waals surface area contributed by atoms with Crippen LogP contribution in [0.4, 0.5) is 11.6 Å². The van der Waals surface area contributed by atoms with Crippen molar-refractivity contribution in [2.45, 2.75) is 0 Å². The average Bonchev–Trinajstić information content (AvgIpc) is 3.45. The van der Waals surface area contributed by atoms with Gasteiger partial charge in [0.1, 0.15) is 17.4 Å². The standard InChI is InChI=1S/C21H18N6O/c1-26-20(12-17(25-26)14-7-4-3-5-8-14)23-19-11-15(18-9-6-10-28-18)16-13-22-27(2)21(16)24-19/h3-13H,1-2H3,(H,23,24). The molecule has 7 heteroatoms. The number of pyridine rings is 1. The second-order valence-corrected chi connectivity index (χ2v) is 6.57. The van der Waals surface area contributed by atoms with Crippen LogP contribution in [-0.4, -0.2) is 24.5 Å². The second kappa shape index (κ2) is 6.38. The fourth-order valence-corrected chi connectivity index (χ4v) is 3.28. The van der Waals surface area contributed by atoms with Crippen LogP contribution in [0.15, 0.2) is 71.5 Å². The van der Waals surface area contributed by atoms with E-state index >= 15 is 0 Å². The lowest BCUT2D eigenvalue weighted by atomic mass is 10.1. The van der Waals surface area contributed by atoms with Crippen LogP contribution in [0.2, 0.25) is 0 Å². The van der Waals surface area contributed by atoms with Crippen molar-refractivity contribution in [3.8, 4) is 22.6 Å². The minimum atomic E-state index is 0.699. The van der Waals surface area contributed by atoms with Gasteiger partial charge in [-0.2, -0.15) is 10.2 Å². The van der Waals surface area contributed by atoms with E-state index in [0.717, 1.165) is 39.4 Å². The Morgan fingerprint density at radius 2 is 1.82 bits per heavy atom. The maximum atomic E-state index is 5.62. The summed E-state index contributed by atoms with van der Waals surface area (Å²) >= 11 is 0. The lowest BCUT2D eigenvalue weighted by molar-refractivity contribution is 0.583. The number of nitrogens with one attached hydrogen (secondary N) is 1. The molecule has 5 rings (SSSR count). The van der Waals surface area contributed by atoms with E-state index in [4.69, 9.17) is 9.40 Å². The Morgan fingerprint density at radius 3 is 2.61 bits per heavy atom.